The SMILES string of the molecule is Nc1cc2oc(=O)[nH]c2cc1NC1CCOC1. The van der Waals surface area contributed by atoms with Crippen molar-refractivity contribution >= 4 is 22.5 Å². The molecule has 1 unspecified atom stereocenters. The van der Waals surface area contributed by atoms with Crippen molar-refractivity contribution in [1.29, 1.82) is 0 Å². The number of nitrogens with one attached hydrogen (secondary N) is 2. The molecule has 4 N–H and O–H groups in total. The fourth-order valence-corrected chi connectivity index (χ4v) is 2.01. The molecule has 2 heterocycles. The van der Waals surface area contributed by atoms with E-state index in [2.05, 4.69) is 10.3 Å². The highest BCUT2D eigenvalue weighted by molar-refractivity contribution is 5.85. The van der Waals surface area contributed by atoms with Crippen LogP contribution in [0.1, 0.15) is 6.42 Å². The van der Waals surface area contributed by atoms with Gasteiger partial charge in [0, 0.05) is 12.7 Å². The molecule has 0 saturated carbocycles. The van der Waals surface area contributed by atoms with Crippen LogP contribution in [-0.2, 0) is 4.74 Å². The number of anilines is 2. The van der Waals surface area contributed by atoms with E-state index in [0.717, 1.165) is 18.7 Å². The Morgan fingerprint density at radius 3 is 3.12 bits per heavy atom. The molecule has 1 aliphatic heterocycles. The molecule has 1 fully saturated rings. The van der Waals surface area contributed by atoms with Crippen molar-refractivity contribution in [3.63, 3.8) is 0 Å². The number of aromatic amines is 1. The quantitative estimate of drug-likeness (QED) is 0.672. The minimum atomic E-state index is -0.472. The molecule has 1 saturated heterocycles. The summed E-state index contributed by atoms with van der Waals surface area (Å²) >= 11 is 0. The Morgan fingerprint density at radius 2 is 2.35 bits per heavy atom. The summed E-state index contributed by atoms with van der Waals surface area (Å²) in [4.78, 5) is 13.7. The van der Waals surface area contributed by atoms with Crippen LogP contribution in [0.25, 0.3) is 11.1 Å². The zero-order valence-corrected chi connectivity index (χ0v) is 9.16. The van der Waals surface area contributed by atoms with Crippen LogP contribution < -0.4 is 16.8 Å². The van der Waals surface area contributed by atoms with E-state index >= 15 is 0 Å². The topological polar surface area (TPSA) is 93.3 Å². The second-order valence-corrected chi connectivity index (χ2v) is 4.15. The Bertz CT molecular complexity index is 596. The highest BCUT2D eigenvalue weighted by atomic mass is 16.5. The normalized spacial score (nSPS) is 19.9. The van der Waals surface area contributed by atoms with Gasteiger partial charge < -0.3 is 20.2 Å². The number of H-pyrrole nitrogens is 1. The minimum absolute atomic E-state index is 0.272. The van der Waals surface area contributed by atoms with Crippen LogP contribution in [-0.4, -0.2) is 24.2 Å². The third-order valence-electron chi connectivity index (χ3n) is 2.88. The highest BCUT2D eigenvalue weighted by Crippen LogP contribution is 2.26. The van der Waals surface area contributed by atoms with E-state index in [-0.39, 0.29) is 6.04 Å². The lowest BCUT2D eigenvalue weighted by Crippen LogP contribution is -2.19. The maximum Gasteiger partial charge on any atom is 0.417 e. The zero-order chi connectivity index (χ0) is 11.8. The van der Waals surface area contributed by atoms with Gasteiger partial charge in [0.05, 0.1) is 29.5 Å². The number of nitrogens with two attached hydrogens (primary N) is 1. The minimum Gasteiger partial charge on any atom is -0.408 e. The fraction of sp³-hybridized carbons (Fsp3) is 0.364. The first kappa shape index (κ1) is 10.2. The van der Waals surface area contributed by atoms with Gasteiger partial charge in [0.1, 0.15) is 0 Å². The number of oxazole rings is 1. The van der Waals surface area contributed by atoms with E-state index < -0.39 is 5.76 Å². The van der Waals surface area contributed by atoms with E-state index in [0.29, 0.717) is 23.4 Å². The number of ether oxygens (including phenoxy) is 1. The molecule has 0 amide bonds. The van der Waals surface area contributed by atoms with Gasteiger partial charge in [-0.1, -0.05) is 0 Å². The van der Waals surface area contributed by atoms with Gasteiger partial charge in [-0.05, 0) is 12.5 Å². The molecule has 0 aliphatic carbocycles. The maximum atomic E-state index is 11.1. The van der Waals surface area contributed by atoms with Gasteiger partial charge in [0.15, 0.2) is 5.58 Å². The molecule has 2 aromatic rings. The highest BCUT2D eigenvalue weighted by Gasteiger charge is 2.16. The second-order valence-electron chi connectivity index (χ2n) is 4.15. The van der Waals surface area contributed by atoms with E-state index in [1.54, 1.807) is 12.1 Å². The lowest BCUT2D eigenvalue weighted by atomic mass is 10.2. The van der Waals surface area contributed by atoms with E-state index in [9.17, 15) is 4.79 Å². The molecule has 1 aliphatic rings. The van der Waals surface area contributed by atoms with Crippen molar-refractivity contribution in [1.82, 2.24) is 4.98 Å². The molecular weight excluding hydrogens is 222 g/mol. The molecule has 17 heavy (non-hydrogen) atoms. The lowest BCUT2D eigenvalue weighted by Gasteiger charge is -2.13. The second kappa shape index (κ2) is 3.81. The first-order chi connectivity index (χ1) is 8.22. The van der Waals surface area contributed by atoms with Crippen molar-refractivity contribution in [2.24, 2.45) is 0 Å². The first-order valence-corrected chi connectivity index (χ1v) is 5.49. The smallest absolute Gasteiger partial charge is 0.408 e. The van der Waals surface area contributed by atoms with Gasteiger partial charge in [-0.15, -0.1) is 0 Å². The number of nitrogen functional groups attached to an aromatic ring is 1. The van der Waals surface area contributed by atoms with E-state index in [1.165, 1.54) is 0 Å². The maximum absolute atomic E-state index is 11.1. The monoisotopic (exact) mass is 235 g/mol. The largest absolute Gasteiger partial charge is 0.417 e. The number of aromatic nitrogens is 1. The van der Waals surface area contributed by atoms with Gasteiger partial charge in [-0.3, -0.25) is 4.98 Å². The van der Waals surface area contributed by atoms with Crippen LogP contribution in [0, 0.1) is 0 Å². The Labute approximate surface area is 96.7 Å². The van der Waals surface area contributed by atoms with Crippen molar-refractivity contribution in [3.05, 3.63) is 22.7 Å². The van der Waals surface area contributed by atoms with Crippen LogP contribution in [0.5, 0.6) is 0 Å². The summed E-state index contributed by atoms with van der Waals surface area (Å²) < 4.78 is 10.2. The van der Waals surface area contributed by atoms with Crippen LogP contribution in [0.2, 0.25) is 0 Å². The third-order valence-corrected chi connectivity index (χ3v) is 2.88. The number of hydrogen-bond acceptors (Lipinski definition) is 5. The van der Waals surface area contributed by atoms with Crippen LogP contribution in [0.15, 0.2) is 21.3 Å². The number of benzene rings is 1. The summed E-state index contributed by atoms with van der Waals surface area (Å²) in [6.45, 7) is 1.45. The summed E-state index contributed by atoms with van der Waals surface area (Å²) in [5.41, 5.74) is 8.37. The Balaban J connectivity index is 1.97. The van der Waals surface area contributed by atoms with Gasteiger partial charge >= 0.3 is 5.76 Å². The molecular formula is C11H13N3O3. The van der Waals surface area contributed by atoms with E-state index in [4.69, 9.17) is 14.9 Å². The van der Waals surface area contributed by atoms with E-state index in [1.807, 2.05) is 0 Å². The molecule has 1 aromatic heterocycles. The molecule has 90 valence electrons. The van der Waals surface area contributed by atoms with Crippen LogP contribution in [0.4, 0.5) is 11.4 Å². The van der Waals surface area contributed by atoms with Crippen molar-refractivity contribution in [2.45, 2.75) is 12.5 Å². The van der Waals surface area contributed by atoms with Crippen molar-refractivity contribution in [3.8, 4) is 0 Å². The van der Waals surface area contributed by atoms with Gasteiger partial charge in [-0.2, -0.15) is 0 Å². The molecule has 0 spiro atoms. The average Bonchev–Trinajstić information content (AvgIpc) is 2.87. The first-order valence-electron chi connectivity index (χ1n) is 5.49. The molecule has 6 heteroatoms. The fourth-order valence-electron chi connectivity index (χ4n) is 2.01. The Kier molecular flexibility index (Phi) is 2.29. The summed E-state index contributed by atoms with van der Waals surface area (Å²) in [5, 5.41) is 3.30. The number of rotatable bonds is 2. The van der Waals surface area contributed by atoms with Crippen LogP contribution >= 0.6 is 0 Å². The zero-order valence-electron chi connectivity index (χ0n) is 9.16. The Hall–Kier alpha value is -1.95. The van der Waals surface area contributed by atoms with Crippen molar-refractivity contribution < 1.29 is 9.15 Å². The molecule has 0 bridgehead atoms. The molecule has 0 radical (unpaired) electrons. The third kappa shape index (κ3) is 1.87. The summed E-state index contributed by atoms with van der Waals surface area (Å²) in [5.74, 6) is -0.472. The number of fused-ring (bicyclic) bond motifs is 1. The predicted molar refractivity (Wildman–Crippen MR) is 64.1 cm³/mol. The average molecular weight is 235 g/mol. The molecule has 1 atom stereocenters. The Morgan fingerprint density at radius 1 is 1.47 bits per heavy atom. The van der Waals surface area contributed by atoms with Crippen molar-refractivity contribution in [2.75, 3.05) is 24.3 Å². The molecule has 6 nitrogen and oxygen atoms in total. The summed E-state index contributed by atoms with van der Waals surface area (Å²) in [7, 11) is 0. The summed E-state index contributed by atoms with van der Waals surface area (Å²) in [6.07, 6.45) is 0.958. The van der Waals surface area contributed by atoms with Gasteiger partial charge in [0.2, 0.25) is 0 Å². The predicted octanol–water partition coefficient (Wildman–Crippen LogP) is 0.904. The van der Waals surface area contributed by atoms with Crippen LogP contribution in [0.3, 0.4) is 0 Å². The standard InChI is InChI=1S/C11H13N3O3/c12-7-3-10-9(14-11(15)17-10)4-8(7)13-6-1-2-16-5-6/h3-4,6,13H,1-2,5,12H2,(H,14,15). The van der Waals surface area contributed by atoms with Gasteiger partial charge in [-0.25, -0.2) is 4.79 Å². The number of hydrogen-bond donors (Lipinski definition) is 3. The lowest BCUT2D eigenvalue weighted by molar-refractivity contribution is 0.195. The molecule has 3 rings (SSSR count). The summed E-state index contributed by atoms with van der Waals surface area (Å²) in [6, 6.07) is 3.70. The van der Waals surface area contributed by atoms with Gasteiger partial charge in [0.25, 0.3) is 0 Å². The molecule has 1 aromatic carbocycles.